The largest absolute Gasteiger partial charge is 0.261 e. The number of rotatable bonds is 1. The smallest absolute Gasteiger partial charge is 0.0469 e. The van der Waals surface area contributed by atoms with Crippen molar-refractivity contribution in [3.05, 3.63) is 23.4 Å². The SMILES string of the molecule is CC1=C(/N=C(\C)C(C)(C)C)CC=C1. The van der Waals surface area contributed by atoms with Gasteiger partial charge in [0.05, 0.1) is 0 Å². The zero-order chi connectivity index (χ0) is 10.1. The van der Waals surface area contributed by atoms with Gasteiger partial charge < -0.3 is 0 Å². The molecule has 0 atom stereocenters. The second-order valence-corrected chi connectivity index (χ2v) is 4.68. The highest BCUT2D eigenvalue weighted by Gasteiger charge is 2.15. The highest BCUT2D eigenvalue weighted by molar-refractivity contribution is 5.87. The second-order valence-electron chi connectivity index (χ2n) is 4.68. The molecule has 0 spiro atoms. The number of aliphatic imine (C=N–C) groups is 1. The Hall–Kier alpha value is -0.850. The second kappa shape index (κ2) is 3.49. The van der Waals surface area contributed by atoms with E-state index in [4.69, 9.17) is 0 Å². The van der Waals surface area contributed by atoms with Crippen LogP contribution in [0.25, 0.3) is 0 Å². The first-order chi connectivity index (χ1) is 5.91. The Kier molecular flexibility index (Phi) is 2.74. The van der Waals surface area contributed by atoms with Crippen molar-refractivity contribution in [3.63, 3.8) is 0 Å². The van der Waals surface area contributed by atoms with Crippen LogP contribution in [0.4, 0.5) is 0 Å². The third-order valence-electron chi connectivity index (χ3n) is 2.52. The molecular weight excluding hydrogens is 158 g/mol. The fourth-order valence-electron chi connectivity index (χ4n) is 1.11. The van der Waals surface area contributed by atoms with E-state index in [9.17, 15) is 0 Å². The van der Waals surface area contributed by atoms with E-state index in [1.807, 2.05) is 0 Å². The van der Waals surface area contributed by atoms with Crippen molar-refractivity contribution in [3.8, 4) is 0 Å². The fourth-order valence-corrected chi connectivity index (χ4v) is 1.11. The molecule has 72 valence electrons. The molecular formula is C12H19N. The molecule has 0 saturated carbocycles. The minimum absolute atomic E-state index is 0.190. The predicted octanol–water partition coefficient (Wildman–Crippen LogP) is 3.73. The Labute approximate surface area is 81.3 Å². The molecule has 0 N–H and O–H groups in total. The maximum atomic E-state index is 4.66. The van der Waals surface area contributed by atoms with Crippen LogP contribution in [0.15, 0.2) is 28.4 Å². The van der Waals surface area contributed by atoms with E-state index < -0.39 is 0 Å². The van der Waals surface area contributed by atoms with Gasteiger partial charge >= 0.3 is 0 Å². The van der Waals surface area contributed by atoms with Gasteiger partial charge in [0.15, 0.2) is 0 Å². The van der Waals surface area contributed by atoms with Gasteiger partial charge in [-0.15, -0.1) is 0 Å². The Bertz CT molecular complexity index is 285. The molecule has 1 aliphatic rings. The van der Waals surface area contributed by atoms with Crippen molar-refractivity contribution in [1.29, 1.82) is 0 Å². The predicted molar refractivity (Wildman–Crippen MR) is 59.0 cm³/mol. The lowest BCUT2D eigenvalue weighted by atomic mass is 9.91. The monoisotopic (exact) mass is 177 g/mol. The molecule has 0 heterocycles. The van der Waals surface area contributed by atoms with Gasteiger partial charge in [0, 0.05) is 17.8 Å². The molecule has 0 radical (unpaired) electrons. The maximum Gasteiger partial charge on any atom is 0.0469 e. The van der Waals surface area contributed by atoms with Gasteiger partial charge in [-0.1, -0.05) is 32.9 Å². The highest BCUT2D eigenvalue weighted by Crippen LogP contribution is 2.23. The minimum atomic E-state index is 0.190. The quantitative estimate of drug-likeness (QED) is 0.541. The van der Waals surface area contributed by atoms with Gasteiger partial charge in [-0.25, -0.2) is 0 Å². The summed E-state index contributed by atoms with van der Waals surface area (Å²) < 4.78 is 0. The van der Waals surface area contributed by atoms with Gasteiger partial charge in [0.1, 0.15) is 0 Å². The summed E-state index contributed by atoms with van der Waals surface area (Å²) in [6.45, 7) is 10.8. The van der Waals surface area contributed by atoms with E-state index in [1.54, 1.807) is 0 Å². The van der Waals surface area contributed by atoms with Crippen LogP contribution < -0.4 is 0 Å². The Morgan fingerprint density at radius 1 is 1.38 bits per heavy atom. The van der Waals surface area contributed by atoms with Crippen molar-refractivity contribution in [1.82, 2.24) is 0 Å². The third-order valence-corrected chi connectivity index (χ3v) is 2.52. The lowest BCUT2D eigenvalue weighted by Gasteiger charge is -2.18. The summed E-state index contributed by atoms with van der Waals surface area (Å²) in [6.07, 6.45) is 5.32. The Morgan fingerprint density at radius 2 is 2.00 bits per heavy atom. The lowest BCUT2D eigenvalue weighted by molar-refractivity contribution is 0.587. The average Bonchev–Trinajstić information content (AvgIpc) is 2.34. The first-order valence-corrected chi connectivity index (χ1v) is 4.83. The molecule has 1 rings (SSSR count). The first-order valence-electron chi connectivity index (χ1n) is 4.83. The standard InChI is InChI=1S/C12H19N/c1-9-7-6-8-11(9)13-10(2)12(3,4)5/h6-7H,8H2,1-5H3/b13-10+. The molecule has 0 fully saturated rings. The number of hydrogen-bond acceptors (Lipinski definition) is 1. The fraction of sp³-hybridized carbons (Fsp3) is 0.583. The summed E-state index contributed by atoms with van der Waals surface area (Å²) in [6, 6.07) is 0. The Balaban J connectivity index is 2.84. The van der Waals surface area contributed by atoms with Gasteiger partial charge in [-0.3, -0.25) is 4.99 Å². The molecule has 0 aromatic carbocycles. The van der Waals surface area contributed by atoms with E-state index in [0.29, 0.717) is 0 Å². The van der Waals surface area contributed by atoms with E-state index in [1.165, 1.54) is 17.0 Å². The maximum absolute atomic E-state index is 4.66. The Morgan fingerprint density at radius 3 is 2.38 bits per heavy atom. The van der Waals surface area contributed by atoms with E-state index >= 15 is 0 Å². The molecule has 13 heavy (non-hydrogen) atoms. The number of nitrogens with zero attached hydrogens (tertiary/aromatic N) is 1. The molecule has 0 amide bonds. The molecule has 0 unspecified atom stereocenters. The van der Waals surface area contributed by atoms with Crippen LogP contribution in [-0.4, -0.2) is 5.71 Å². The summed E-state index contributed by atoms with van der Waals surface area (Å²) in [5.74, 6) is 0. The first kappa shape index (κ1) is 10.2. The van der Waals surface area contributed by atoms with Crippen LogP contribution in [0.1, 0.15) is 41.0 Å². The molecule has 1 heteroatoms. The number of hydrogen-bond donors (Lipinski definition) is 0. The van der Waals surface area contributed by atoms with Crippen LogP contribution in [0.2, 0.25) is 0 Å². The van der Waals surface area contributed by atoms with Crippen LogP contribution >= 0.6 is 0 Å². The third kappa shape index (κ3) is 2.55. The lowest BCUT2D eigenvalue weighted by Crippen LogP contribution is -2.16. The van der Waals surface area contributed by atoms with Crippen molar-refractivity contribution < 1.29 is 0 Å². The topological polar surface area (TPSA) is 12.4 Å². The molecule has 1 nitrogen and oxygen atoms in total. The van der Waals surface area contributed by atoms with Gasteiger partial charge in [0.2, 0.25) is 0 Å². The molecule has 0 bridgehead atoms. The van der Waals surface area contributed by atoms with Crippen molar-refractivity contribution >= 4 is 5.71 Å². The van der Waals surface area contributed by atoms with Gasteiger partial charge in [-0.05, 0) is 24.8 Å². The van der Waals surface area contributed by atoms with Crippen molar-refractivity contribution in [2.24, 2.45) is 10.4 Å². The normalized spacial score (nSPS) is 18.7. The van der Waals surface area contributed by atoms with Crippen LogP contribution in [0.5, 0.6) is 0 Å². The van der Waals surface area contributed by atoms with Crippen LogP contribution in [0, 0.1) is 5.41 Å². The van der Waals surface area contributed by atoms with E-state index in [0.717, 1.165) is 6.42 Å². The minimum Gasteiger partial charge on any atom is -0.261 e. The highest BCUT2D eigenvalue weighted by atomic mass is 14.8. The zero-order valence-corrected chi connectivity index (χ0v) is 9.31. The summed E-state index contributed by atoms with van der Waals surface area (Å²) >= 11 is 0. The van der Waals surface area contributed by atoms with E-state index in [2.05, 4.69) is 51.8 Å². The van der Waals surface area contributed by atoms with Crippen LogP contribution in [-0.2, 0) is 0 Å². The van der Waals surface area contributed by atoms with Gasteiger partial charge in [0.25, 0.3) is 0 Å². The number of allylic oxidation sites excluding steroid dienone is 3. The molecule has 0 aromatic rings. The zero-order valence-electron chi connectivity index (χ0n) is 9.31. The summed E-state index contributed by atoms with van der Waals surface area (Å²) in [4.78, 5) is 4.66. The molecule has 0 saturated heterocycles. The molecule has 1 aliphatic carbocycles. The van der Waals surface area contributed by atoms with Crippen molar-refractivity contribution in [2.45, 2.75) is 41.0 Å². The summed E-state index contributed by atoms with van der Waals surface area (Å²) in [5.41, 5.74) is 3.94. The summed E-state index contributed by atoms with van der Waals surface area (Å²) in [7, 11) is 0. The average molecular weight is 177 g/mol. The molecule has 0 aromatic heterocycles. The van der Waals surface area contributed by atoms with Crippen LogP contribution in [0.3, 0.4) is 0 Å². The van der Waals surface area contributed by atoms with E-state index in [-0.39, 0.29) is 5.41 Å². The van der Waals surface area contributed by atoms with Gasteiger partial charge in [-0.2, -0.15) is 0 Å². The van der Waals surface area contributed by atoms with Crippen molar-refractivity contribution in [2.75, 3.05) is 0 Å². The summed E-state index contributed by atoms with van der Waals surface area (Å²) in [5, 5.41) is 0. The molecule has 0 aliphatic heterocycles.